The number of aromatic hydroxyl groups is 1. The Morgan fingerprint density at radius 1 is 1.42 bits per heavy atom. The quantitative estimate of drug-likeness (QED) is 0.771. The SMILES string of the molecule is CCOCCCC(=O)N(C)C(C)c1ccccc1O. The first-order valence-corrected chi connectivity index (χ1v) is 6.69. The number of nitrogens with zero attached hydrogens (tertiary/aromatic N) is 1. The molecular weight excluding hydrogens is 242 g/mol. The van der Waals surface area contributed by atoms with Crippen molar-refractivity contribution in [2.75, 3.05) is 20.3 Å². The second kappa shape index (κ2) is 7.79. The summed E-state index contributed by atoms with van der Waals surface area (Å²) in [6, 6.07) is 6.97. The molecule has 0 aliphatic heterocycles. The third kappa shape index (κ3) is 4.56. The molecule has 0 spiro atoms. The Bertz CT molecular complexity index is 406. The average molecular weight is 265 g/mol. The molecule has 0 bridgehead atoms. The summed E-state index contributed by atoms with van der Waals surface area (Å²) in [6.07, 6.45) is 1.19. The number of carbonyl (C=O) groups excluding carboxylic acids is 1. The first kappa shape index (κ1) is 15.5. The molecule has 4 heteroatoms. The van der Waals surface area contributed by atoms with Gasteiger partial charge in [-0.25, -0.2) is 0 Å². The van der Waals surface area contributed by atoms with E-state index in [1.165, 1.54) is 0 Å². The van der Waals surface area contributed by atoms with Crippen LogP contribution in [0.3, 0.4) is 0 Å². The van der Waals surface area contributed by atoms with Crippen LogP contribution in [0.25, 0.3) is 0 Å². The molecule has 1 rings (SSSR count). The van der Waals surface area contributed by atoms with E-state index in [0.29, 0.717) is 19.6 Å². The van der Waals surface area contributed by atoms with Crippen LogP contribution >= 0.6 is 0 Å². The Morgan fingerprint density at radius 2 is 2.11 bits per heavy atom. The van der Waals surface area contributed by atoms with Crippen molar-refractivity contribution in [1.29, 1.82) is 0 Å². The molecule has 0 fully saturated rings. The van der Waals surface area contributed by atoms with Gasteiger partial charge in [-0.15, -0.1) is 0 Å². The van der Waals surface area contributed by atoms with Crippen molar-refractivity contribution in [3.63, 3.8) is 0 Å². The largest absolute Gasteiger partial charge is 0.508 e. The Hall–Kier alpha value is -1.55. The van der Waals surface area contributed by atoms with Crippen molar-refractivity contribution < 1.29 is 14.6 Å². The summed E-state index contributed by atoms with van der Waals surface area (Å²) in [5.41, 5.74) is 0.767. The molecule has 0 saturated carbocycles. The van der Waals surface area contributed by atoms with E-state index in [4.69, 9.17) is 4.74 Å². The van der Waals surface area contributed by atoms with Crippen LogP contribution < -0.4 is 0 Å². The Morgan fingerprint density at radius 3 is 2.74 bits per heavy atom. The minimum absolute atomic E-state index is 0.0652. The van der Waals surface area contributed by atoms with E-state index >= 15 is 0 Å². The van der Waals surface area contributed by atoms with Crippen LogP contribution in [0.4, 0.5) is 0 Å². The smallest absolute Gasteiger partial charge is 0.222 e. The second-order valence-corrected chi connectivity index (χ2v) is 4.54. The number of benzene rings is 1. The molecule has 1 atom stereocenters. The van der Waals surface area contributed by atoms with Crippen molar-refractivity contribution in [2.45, 2.75) is 32.7 Å². The maximum atomic E-state index is 12.0. The maximum Gasteiger partial charge on any atom is 0.222 e. The zero-order valence-electron chi connectivity index (χ0n) is 11.9. The van der Waals surface area contributed by atoms with Crippen LogP contribution in [0.15, 0.2) is 24.3 Å². The topological polar surface area (TPSA) is 49.8 Å². The van der Waals surface area contributed by atoms with Gasteiger partial charge < -0.3 is 14.7 Å². The lowest BCUT2D eigenvalue weighted by atomic mass is 10.1. The van der Waals surface area contributed by atoms with Gasteiger partial charge in [-0.05, 0) is 26.3 Å². The lowest BCUT2D eigenvalue weighted by Crippen LogP contribution is -2.29. The summed E-state index contributed by atoms with van der Waals surface area (Å²) in [7, 11) is 1.76. The molecule has 0 saturated heterocycles. The molecule has 0 aliphatic rings. The molecule has 0 aromatic heterocycles. The summed E-state index contributed by atoms with van der Waals surface area (Å²) in [5, 5.41) is 9.80. The summed E-state index contributed by atoms with van der Waals surface area (Å²) in [5.74, 6) is 0.291. The van der Waals surface area contributed by atoms with Crippen LogP contribution in [0.5, 0.6) is 5.75 Å². The van der Waals surface area contributed by atoms with Gasteiger partial charge in [0.05, 0.1) is 6.04 Å². The van der Waals surface area contributed by atoms with Crippen molar-refractivity contribution >= 4 is 5.91 Å². The molecule has 1 N–H and O–H groups in total. The number of ether oxygens (including phenoxy) is 1. The van der Waals surface area contributed by atoms with E-state index < -0.39 is 0 Å². The Kier molecular flexibility index (Phi) is 6.36. The van der Waals surface area contributed by atoms with E-state index in [1.807, 2.05) is 26.0 Å². The number of para-hydroxylation sites is 1. The maximum absolute atomic E-state index is 12.0. The number of hydrogen-bond acceptors (Lipinski definition) is 3. The Labute approximate surface area is 115 Å². The molecule has 0 heterocycles. The van der Waals surface area contributed by atoms with Crippen molar-refractivity contribution in [3.05, 3.63) is 29.8 Å². The zero-order chi connectivity index (χ0) is 14.3. The van der Waals surface area contributed by atoms with Crippen LogP contribution in [0.1, 0.15) is 38.3 Å². The van der Waals surface area contributed by atoms with Gasteiger partial charge in [-0.2, -0.15) is 0 Å². The standard InChI is InChI=1S/C15H23NO3/c1-4-19-11-7-10-15(18)16(3)12(2)13-8-5-6-9-14(13)17/h5-6,8-9,12,17H,4,7,10-11H2,1-3H3. The fraction of sp³-hybridized carbons (Fsp3) is 0.533. The zero-order valence-corrected chi connectivity index (χ0v) is 11.9. The molecule has 1 aromatic carbocycles. The Balaban J connectivity index is 2.54. The van der Waals surface area contributed by atoms with Crippen molar-refractivity contribution in [3.8, 4) is 5.75 Å². The molecule has 0 radical (unpaired) electrons. The van der Waals surface area contributed by atoms with Crippen LogP contribution in [-0.4, -0.2) is 36.2 Å². The summed E-state index contributed by atoms with van der Waals surface area (Å²) < 4.78 is 5.22. The predicted octanol–water partition coefficient (Wildman–Crippen LogP) is 2.73. The summed E-state index contributed by atoms with van der Waals surface area (Å²) in [4.78, 5) is 13.7. The second-order valence-electron chi connectivity index (χ2n) is 4.54. The monoisotopic (exact) mass is 265 g/mol. The van der Waals surface area contributed by atoms with Crippen LogP contribution in [0, 0.1) is 0 Å². The lowest BCUT2D eigenvalue weighted by Gasteiger charge is -2.26. The number of amides is 1. The van der Waals surface area contributed by atoms with E-state index in [9.17, 15) is 9.90 Å². The number of phenolic OH excluding ortho intramolecular Hbond substituents is 1. The molecule has 106 valence electrons. The highest BCUT2D eigenvalue weighted by Gasteiger charge is 2.19. The molecule has 1 aromatic rings. The molecule has 19 heavy (non-hydrogen) atoms. The predicted molar refractivity (Wildman–Crippen MR) is 75.0 cm³/mol. The highest BCUT2D eigenvalue weighted by Crippen LogP contribution is 2.27. The molecule has 1 unspecified atom stereocenters. The van der Waals surface area contributed by atoms with E-state index in [1.54, 1.807) is 24.1 Å². The minimum atomic E-state index is -0.138. The van der Waals surface area contributed by atoms with Crippen LogP contribution in [-0.2, 0) is 9.53 Å². The van der Waals surface area contributed by atoms with Crippen LogP contribution in [0.2, 0.25) is 0 Å². The number of rotatable bonds is 7. The highest BCUT2D eigenvalue weighted by molar-refractivity contribution is 5.76. The van der Waals surface area contributed by atoms with Gasteiger partial charge in [0.15, 0.2) is 0 Å². The third-order valence-electron chi connectivity index (χ3n) is 3.24. The van der Waals surface area contributed by atoms with Crippen molar-refractivity contribution in [2.24, 2.45) is 0 Å². The molecule has 4 nitrogen and oxygen atoms in total. The first-order valence-electron chi connectivity index (χ1n) is 6.69. The number of phenols is 1. The van der Waals surface area contributed by atoms with E-state index in [0.717, 1.165) is 12.0 Å². The minimum Gasteiger partial charge on any atom is -0.508 e. The molecule has 0 aliphatic carbocycles. The van der Waals surface area contributed by atoms with E-state index in [2.05, 4.69) is 0 Å². The van der Waals surface area contributed by atoms with Gasteiger partial charge in [0, 0.05) is 32.2 Å². The first-order chi connectivity index (χ1) is 9.07. The number of hydrogen-bond donors (Lipinski definition) is 1. The third-order valence-corrected chi connectivity index (χ3v) is 3.24. The number of carbonyl (C=O) groups is 1. The fourth-order valence-corrected chi connectivity index (χ4v) is 1.91. The lowest BCUT2D eigenvalue weighted by molar-refractivity contribution is -0.132. The van der Waals surface area contributed by atoms with Gasteiger partial charge >= 0.3 is 0 Å². The summed E-state index contributed by atoms with van der Waals surface area (Å²) >= 11 is 0. The highest BCUT2D eigenvalue weighted by atomic mass is 16.5. The van der Waals surface area contributed by atoms with Gasteiger partial charge in [0.25, 0.3) is 0 Å². The van der Waals surface area contributed by atoms with Gasteiger partial charge in [-0.3, -0.25) is 4.79 Å². The fourth-order valence-electron chi connectivity index (χ4n) is 1.91. The normalized spacial score (nSPS) is 12.2. The average Bonchev–Trinajstić information content (AvgIpc) is 2.42. The van der Waals surface area contributed by atoms with Gasteiger partial charge in [0.2, 0.25) is 5.91 Å². The summed E-state index contributed by atoms with van der Waals surface area (Å²) in [6.45, 7) is 5.14. The molecule has 1 amide bonds. The van der Waals surface area contributed by atoms with Crippen molar-refractivity contribution in [1.82, 2.24) is 4.90 Å². The van der Waals surface area contributed by atoms with Gasteiger partial charge in [-0.1, -0.05) is 18.2 Å². The van der Waals surface area contributed by atoms with E-state index in [-0.39, 0.29) is 17.7 Å². The molecular formula is C15H23NO3. The van der Waals surface area contributed by atoms with Gasteiger partial charge in [0.1, 0.15) is 5.75 Å².